The van der Waals surface area contributed by atoms with Crippen LogP contribution >= 0.6 is 0 Å². The summed E-state index contributed by atoms with van der Waals surface area (Å²) in [7, 11) is 1.70. The number of aryl methyl sites for hydroxylation is 1. The molecule has 1 unspecified atom stereocenters. The summed E-state index contributed by atoms with van der Waals surface area (Å²) in [5, 5.41) is 17.5. The number of carbonyl (C=O) groups is 1. The number of hydrogen-bond donors (Lipinski definition) is 4. The smallest absolute Gasteiger partial charge is 0.326 e. The lowest BCUT2D eigenvalue weighted by Gasteiger charge is -2.24. The molecule has 1 atom stereocenters. The average Bonchev–Trinajstić information content (AvgIpc) is 3.11. The van der Waals surface area contributed by atoms with Crippen molar-refractivity contribution in [1.29, 1.82) is 0 Å². The molecule has 3 heterocycles. The van der Waals surface area contributed by atoms with Crippen LogP contribution < -0.4 is 21.1 Å². The molecule has 0 spiro atoms. The Morgan fingerprint density at radius 2 is 1.79 bits per heavy atom. The number of rotatable bonds is 25. The fraction of sp³-hybridized carbons (Fsp3) is 0.622. The van der Waals surface area contributed by atoms with Crippen molar-refractivity contribution >= 4 is 28.5 Å². The Kier molecular flexibility index (Phi) is 16.6. The van der Waals surface area contributed by atoms with E-state index in [4.69, 9.17) is 20.2 Å². The van der Waals surface area contributed by atoms with Crippen LogP contribution in [0.15, 0.2) is 36.7 Å². The van der Waals surface area contributed by atoms with Gasteiger partial charge in [-0.1, -0.05) is 50.7 Å². The highest BCUT2D eigenvalue weighted by Crippen LogP contribution is 2.31. The lowest BCUT2D eigenvalue weighted by Crippen LogP contribution is -2.37. The molecule has 0 bridgehead atoms. The highest BCUT2D eigenvalue weighted by atomic mass is 16.5. The summed E-state index contributed by atoms with van der Waals surface area (Å²) in [6.45, 7) is 5.32. The summed E-state index contributed by atoms with van der Waals surface area (Å²) in [5.74, 6) is 1.62. The maximum Gasteiger partial charge on any atom is 0.326 e. The molecule has 3 aromatic rings. The third-order valence-electron chi connectivity index (χ3n) is 9.04. The van der Waals surface area contributed by atoms with E-state index < -0.39 is 12.0 Å². The van der Waals surface area contributed by atoms with Crippen molar-refractivity contribution in [2.24, 2.45) is 5.73 Å². The summed E-state index contributed by atoms with van der Waals surface area (Å²) in [4.78, 5) is 28.1. The average molecular weight is 664 g/mol. The molecule has 0 amide bonds. The molecule has 0 saturated carbocycles. The van der Waals surface area contributed by atoms with Gasteiger partial charge in [0.15, 0.2) is 0 Å². The van der Waals surface area contributed by atoms with E-state index in [2.05, 4.69) is 31.6 Å². The lowest BCUT2D eigenvalue weighted by atomic mass is 10.0. The number of aliphatic carboxylic acids is 1. The number of anilines is 2. The number of methoxy groups -OCH3 is 1. The van der Waals surface area contributed by atoms with Gasteiger partial charge in [-0.2, -0.15) is 0 Å². The minimum absolute atomic E-state index is 0.435. The fourth-order valence-corrected chi connectivity index (χ4v) is 6.26. The van der Waals surface area contributed by atoms with Crippen molar-refractivity contribution < 1.29 is 19.4 Å². The first-order chi connectivity index (χ1) is 23.6. The molecular weight excluding hydrogens is 606 g/mol. The molecule has 0 radical (unpaired) electrons. The number of nitrogens with two attached hydrogens (primary N) is 1. The van der Waals surface area contributed by atoms with Crippen LogP contribution in [-0.4, -0.2) is 90.0 Å². The fourth-order valence-electron chi connectivity index (χ4n) is 6.26. The molecule has 264 valence electrons. The number of aromatic nitrogens is 3. The molecule has 0 saturated heterocycles. The van der Waals surface area contributed by atoms with E-state index in [0.29, 0.717) is 25.4 Å². The summed E-state index contributed by atoms with van der Waals surface area (Å²) >= 11 is 0. The Morgan fingerprint density at radius 1 is 1.00 bits per heavy atom. The first kappa shape index (κ1) is 37.3. The van der Waals surface area contributed by atoms with Gasteiger partial charge in [-0.15, -0.1) is 0 Å². The monoisotopic (exact) mass is 663 g/mol. The normalized spacial score (nSPS) is 13.3. The van der Waals surface area contributed by atoms with Crippen molar-refractivity contribution in [3.05, 3.63) is 47.9 Å². The molecule has 0 aliphatic carbocycles. The summed E-state index contributed by atoms with van der Waals surface area (Å²) < 4.78 is 11.7. The van der Waals surface area contributed by atoms with Gasteiger partial charge in [0.2, 0.25) is 0 Å². The SMILES string of the molecule is COCCN(CCCCc1cc(OCCCCCCCCCCN)c2c(n1)NCCC2)CCC(Nc1ncnc2ccccc12)C(=O)O. The van der Waals surface area contributed by atoms with Gasteiger partial charge in [0, 0.05) is 49.5 Å². The zero-order valence-electron chi connectivity index (χ0n) is 28.9. The lowest BCUT2D eigenvalue weighted by molar-refractivity contribution is -0.138. The number of fused-ring (bicyclic) bond motifs is 2. The Bertz CT molecular complexity index is 1370. The second kappa shape index (κ2) is 21.4. The van der Waals surface area contributed by atoms with Crippen molar-refractivity contribution in [2.75, 3.05) is 63.7 Å². The number of carboxylic acids is 1. The summed E-state index contributed by atoms with van der Waals surface area (Å²) in [6.07, 6.45) is 16.7. The highest BCUT2D eigenvalue weighted by molar-refractivity contribution is 5.90. The molecule has 2 aromatic heterocycles. The van der Waals surface area contributed by atoms with E-state index in [1.54, 1.807) is 7.11 Å². The number of carboxylic acid groups (broad SMARTS) is 1. The van der Waals surface area contributed by atoms with Crippen LogP contribution in [0.5, 0.6) is 5.75 Å². The zero-order valence-corrected chi connectivity index (χ0v) is 28.9. The number of nitrogens with zero attached hydrogens (tertiary/aromatic N) is 4. The third kappa shape index (κ3) is 12.5. The van der Waals surface area contributed by atoms with Gasteiger partial charge in [-0.25, -0.2) is 19.7 Å². The molecule has 5 N–H and O–H groups in total. The van der Waals surface area contributed by atoms with E-state index in [0.717, 1.165) is 106 Å². The van der Waals surface area contributed by atoms with Crippen LogP contribution in [0, 0.1) is 0 Å². The number of para-hydroxylation sites is 1. The molecule has 1 aromatic carbocycles. The minimum Gasteiger partial charge on any atom is -0.493 e. The van der Waals surface area contributed by atoms with Crippen LogP contribution in [0.1, 0.15) is 88.3 Å². The Hall–Kier alpha value is -3.54. The molecule has 11 nitrogen and oxygen atoms in total. The van der Waals surface area contributed by atoms with Gasteiger partial charge in [0.25, 0.3) is 0 Å². The Morgan fingerprint density at radius 3 is 2.58 bits per heavy atom. The van der Waals surface area contributed by atoms with Crippen LogP contribution in [0.2, 0.25) is 0 Å². The summed E-state index contributed by atoms with van der Waals surface area (Å²) in [6, 6.07) is 8.99. The van der Waals surface area contributed by atoms with Crippen molar-refractivity contribution in [1.82, 2.24) is 19.9 Å². The highest BCUT2D eigenvalue weighted by Gasteiger charge is 2.21. The number of hydrogen-bond acceptors (Lipinski definition) is 10. The van der Waals surface area contributed by atoms with Crippen molar-refractivity contribution in [3.8, 4) is 5.75 Å². The van der Waals surface area contributed by atoms with Crippen LogP contribution in [0.25, 0.3) is 10.9 Å². The molecule has 1 aliphatic heterocycles. The standard InChI is InChI=1S/C37H57N7O4/c1-47-26-24-44(23-19-33(37(45)46)43-35-30-16-8-9-18-32(30)40-28-41-35)22-12-10-15-29-27-34(31-17-14-21-39-36(31)42-29)48-25-13-7-5-3-2-4-6-11-20-38/h8-9,16,18,27-28,33H,2-7,10-15,17,19-26,38H2,1H3,(H,39,42)(H,45,46)(H,40,41,43). The molecule has 4 rings (SSSR count). The van der Waals surface area contributed by atoms with Crippen molar-refractivity contribution in [2.45, 2.75) is 95.9 Å². The van der Waals surface area contributed by atoms with E-state index in [1.165, 1.54) is 50.4 Å². The van der Waals surface area contributed by atoms with Gasteiger partial charge in [0.05, 0.1) is 18.7 Å². The van der Waals surface area contributed by atoms with Crippen LogP contribution in [0.4, 0.5) is 11.6 Å². The Labute approximate surface area is 286 Å². The molecule has 0 fully saturated rings. The molecule has 1 aliphatic rings. The van der Waals surface area contributed by atoms with Crippen LogP contribution in [0.3, 0.4) is 0 Å². The number of benzene rings is 1. The third-order valence-corrected chi connectivity index (χ3v) is 9.04. The van der Waals surface area contributed by atoms with Gasteiger partial charge in [-0.05, 0) is 76.6 Å². The van der Waals surface area contributed by atoms with E-state index in [-0.39, 0.29) is 0 Å². The second-order valence-electron chi connectivity index (χ2n) is 12.8. The van der Waals surface area contributed by atoms with Crippen LogP contribution in [-0.2, 0) is 22.4 Å². The number of ether oxygens (including phenoxy) is 2. The zero-order chi connectivity index (χ0) is 33.8. The number of nitrogens with one attached hydrogen (secondary N) is 2. The first-order valence-corrected chi connectivity index (χ1v) is 18.1. The minimum atomic E-state index is -0.899. The predicted octanol–water partition coefficient (Wildman–Crippen LogP) is 6.07. The van der Waals surface area contributed by atoms with Gasteiger partial charge in [-0.3, -0.25) is 0 Å². The van der Waals surface area contributed by atoms with E-state index >= 15 is 0 Å². The molecular formula is C37H57N7O4. The topological polar surface area (TPSA) is 148 Å². The summed E-state index contributed by atoms with van der Waals surface area (Å²) in [5.41, 5.74) is 8.64. The molecule has 11 heteroatoms. The quantitative estimate of drug-likeness (QED) is 0.0784. The maximum atomic E-state index is 12.2. The van der Waals surface area contributed by atoms with Gasteiger partial charge in [0.1, 0.15) is 29.8 Å². The molecule has 48 heavy (non-hydrogen) atoms. The maximum absolute atomic E-state index is 12.2. The van der Waals surface area contributed by atoms with Gasteiger partial charge < -0.3 is 35.8 Å². The predicted molar refractivity (Wildman–Crippen MR) is 193 cm³/mol. The van der Waals surface area contributed by atoms with E-state index in [9.17, 15) is 9.90 Å². The number of pyridine rings is 1. The number of unbranched alkanes of at least 4 members (excludes halogenated alkanes) is 8. The Balaban J connectivity index is 1.24. The largest absolute Gasteiger partial charge is 0.493 e. The van der Waals surface area contributed by atoms with E-state index in [1.807, 2.05) is 24.3 Å². The van der Waals surface area contributed by atoms with Gasteiger partial charge >= 0.3 is 5.97 Å². The first-order valence-electron chi connectivity index (χ1n) is 18.1. The second-order valence-corrected chi connectivity index (χ2v) is 12.8. The van der Waals surface area contributed by atoms with Crippen molar-refractivity contribution in [3.63, 3.8) is 0 Å².